The third-order valence-corrected chi connectivity index (χ3v) is 5.31. The first-order valence-electron chi connectivity index (χ1n) is 10.3. The molecule has 0 bridgehead atoms. The van der Waals surface area contributed by atoms with E-state index in [0.717, 1.165) is 36.1 Å². The highest BCUT2D eigenvalue weighted by atomic mass is 16.5. The minimum absolute atomic E-state index is 0.0296. The van der Waals surface area contributed by atoms with Crippen LogP contribution in [-0.2, 0) is 4.74 Å². The van der Waals surface area contributed by atoms with E-state index in [2.05, 4.69) is 10.6 Å². The molecule has 0 radical (unpaired) electrons. The molecule has 1 heterocycles. The Bertz CT molecular complexity index is 877. The Balaban J connectivity index is 1.48. The largest absolute Gasteiger partial charge is 0.382 e. The van der Waals surface area contributed by atoms with Gasteiger partial charge in [0.1, 0.15) is 6.17 Å². The van der Waals surface area contributed by atoms with Crippen LogP contribution in [0.1, 0.15) is 58.6 Å². The van der Waals surface area contributed by atoms with Crippen LogP contribution in [-0.4, -0.2) is 42.5 Å². The summed E-state index contributed by atoms with van der Waals surface area (Å²) in [7, 11) is 0. The van der Waals surface area contributed by atoms with Gasteiger partial charge in [0, 0.05) is 48.2 Å². The van der Waals surface area contributed by atoms with Crippen LogP contribution in [0.25, 0.3) is 0 Å². The maximum absolute atomic E-state index is 12.9. The predicted octanol–water partition coefficient (Wildman–Crippen LogP) is 3.57. The van der Waals surface area contributed by atoms with Crippen molar-refractivity contribution in [2.24, 2.45) is 0 Å². The van der Waals surface area contributed by atoms with Gasteiger partial charge in [-0.25, -0.2) is 0 Å². The number of fused-ring (bicyclic) bond motifs is 1. The number of carbonyl (C=O) groups is 2. The molecule has 0 unspecified atom stereocenters. The summed E-state index contributed by atoms with van der Waals surface area (Å²) in [5.74, 6) is 0.00743. The lowest BCUT2D eigenvalue weighted by molar-refractivity contribution is 0.0708. The van der Waals surface area contributed by atoms with E-state index in [1.165, 1.54) is 0 Å². The predicted molar refractivity (Wildman–Crippen MR) is 112 cm³/mol. The Morgan fingerprint density at radius 2 is 1.90 bits per heavy atom. The van der Waals surface area contributed by atoms with E-state index in [1.807, 2.05) is 60.4 Å². The van der Waals surface area contributed by atoms with Crippen LogP contribution in [0.3, 0.4) is 0 Å². The molecule has 1 fully saturated rings. The normalized spacial score (nSPS) is 17.9. The zero-order valence-corrected chi connectivity index (χ0v) is 16.7. The number of carbonyl (C=O) groups excluding carboxylic acids is 2. The fourth-order valence-corrected chi connectivity index (χ4v) is 3.61. The molecule has 29 heavy (non-hydrogen) atoms. The monoisotopic (exact) mass is 393 g/mol. The Hall–Kier alpha value is -2.86. The topological polar surface area (TPSA) is 70.7 Å². The van der Waals surface area contributed by atoms with Gasteiger partial charge < -0.3 is 20.3 Å². The van der Waals surface area contributed by atoms with E-state index in [4.69, 9.17) is 4.74 Å². The number of benzene rings is 2. The first-order chi connectivity index (χ1) is 14.2. The van der Waals surface area contributed by atoms with Crippen molar-refractivity contribution in [1.29, 1.82) is 0 Å². The number of nitrogens with zero attached hydrogens (tertiary/aromatic N) is 1. The number of hydrogen-bond donors (Lipinski definition) is 2. The van der Waals surface area contributed by atoms with Crippen molar-refractivity contribution < 1.29 is 14.3 Å². The summed E-state index contributed by atoms with van der Waals surface area (Å²) >= 11 is 0. The first kappa shape index (κ1) is 19.5. The number of ether oxygens (including phenoxy) is 1. The minimum Gasteiger partial charge on any atom is -0.382 e. The molecule has 0 saturated heterocycles. The average Bonchev–Trinajstić information content (AvgIpc) is 3.52. The zero-order valence-electron chi connectivity index (χ0n) is 16.7. The second kappa shape index (κ2) is 8.66. The lowest BCUT2D eigenvalue weighted by Gasteiger charge is -2.27. The number of amides is 2. The molecule has 2 aromatic carbocycles. The van der Waals surface area contributed by atoms with Crippen molar-refractivity contribution in [3.8, 4) is 0 Å². The molecule has 152 valence electrons. The quantitative estimate of drug-likeness (QED) is 0.639. The molecule has 6 nitrogen and oxygen atoms in total. The summed E-state index contributed by atoms with van der Waals surface area (Å²) in [6, 6.07) is 15.5. The molecule has 2 amide bonds. The van der Waals surface area contributed by atoms with Crippen molar-refractivity contribution in [3.63, 3.8) is 0 Å². The molecule has 1 aliphatic carbocycles. The molecular weight excluding hydrogens is 366 g/mol. The van der Waals surface area contributed by atoms with E-state index < -0.39 is 0 Å². The van der Waals surface area contributed by atoms with Crippen LogP contribution in [0.15, 0.2) is 48.5 Å². The number of nitrogens with one attached hydrogen (secondary N) is 2. The third-order valence-electron chi connectivity index (χ3n) is 5.31. The summed E-state index contributed by atoms with van der Waals surface area (Å²) in [5, 5.41) is 6.47. The van der Waals surface area contributed by atoms with E-state index in [-0.39, 0.29) is 18.0 Å². The third kappa shape index (κ3) is 4.43. The van der Waals surface area contributed by atoms with E-state index >= 15 is 0 Å². The van der Waals surface area contributed by atoms with E-state index in [0.29, 0.717) is 31.4 Å². The minimum atomic E-state index is -0.230. The Kier molecular flexibility index (Phi) is 5.81. The summed E-state index contributed by atoms with van der Waals surface area (Å²) in [4.78, 5) is 26.9. The first-order valence-corrected chi connectivity index (χ1v) is 10.3. The van der Waals surface area contributed by atoms with Gasteiger partial charge in [-0.2, -0.15) is 0 Å². The molecule has 0 spiro atoms. The van der Waals surface area contributed by atoms with Crippen molar-refractivity contribution in [2.75, 3.05) is 25.1 Å². The van der Waals surface area contributed by atoms with Crippen LogP contribution in [0.4, 0.5) is 5.69 Å². The highest BCUT2D eigenvalue weighted by Crippen LogP contribution is 2.34. The smallest absolute Gasteiger partial charge is 0.256 e. The van der Waals surface area contributed by atoms with Crippen LogP contribution in [0.2, 0.25) is 0 Å². The van der Waals surface area contributed by atoms with Crippen molar-refractivity contribution in [3.05, 3.63) is 65.2 Å². The summed E-state index contributed by atoms with van der Waals surface area (Å²) < 4.78 is 5.43. The second-order valence-corrected chi connectivity index (χ2v) is 7.51. The molecular formula is C23H27N3O3. The highest BCUT2D eigenvalue weighted by molar-refractivity contribution is 5.99. The molecule has 4 rings (SSSR count). The molecule has 6 heteroatoms. The van der Waals surface area contributed by atoms with Gasteiger partial charge >= 0.3 is 0 Å². The van der Waals surface area contributed by atoms with Gasteiger partial charge in [0.15, 0.2) is 0 Å². The van der Waals surface area contributed by atoms with Gasteiger partial charge in [-0.15, -0.1) is 0 Å². The number of rotatable bonds is 9. The van der Waals surface area contributed by atoms with E-state index in [9.17, 15) is 9.59 Å². The molecule has 2 aliphatic rings. The lowest BCUT2D eigenvalue weighted by atomic mass is 10.1. The van der Waals surface area contributed by atoms with Crippen molar-refractivity contribution in [2.45, 2.75) is 38.4 Å². The van der Waals surface area contributed by atoms with Gasteiger partial charge in [-0.3, -0.25) is 9.59 Å². The summed E-state index contributed by atoms with van der Waals surface area (Å²) in [6.45, 7) is 3.90. The van der Waals surface area contributed by atoms with E-state index in [1.54, 1.807) is 0 Å². The molecule has 1 saturated carbocycles. The molecule has 0 aromatic heterocycles. The van der Waals surface area contributed by atoms with Crippen LogP contribution in [0, 0.1) is 0 Å². The van der Waals surface area contributed by atoms with Gasteiger partial charge in [0.2, 0.25) is 0 Å². The van der Waals surface area contributed by atoms with Crippen LogP contribution >= 0.6 is 0 Å². The number of anilines is 1. The molecule has 1 aliphatic heterocycles. The molecule has 2 aromatic rings. The second-order valence-electron chi connectivity index (χ2n) is 7.51. The maximum Gasteiger partial charge on any atom is 0.256 e. The highest BCUT2D eigenvalue weighted by Gasteiger charge is 2.36. The van der Waals surface area contributed by atoms with Gasteiger partial charge in [-0.1, -0.05) is 18.2 Å². The fourth-order valence-electron chi connectivity index (χ4n) is 3.61. The lowest BCUT2D eigenvalue weighted by Crippen LogP contribution is -2.33. The van der Waals surface area contributed by atoms with Crippen molar-refractivity contribution >= 4 is 17.5 Å². The van der Waals surface area contributed by atoms with Crippen molar-refractivity contribution in [1.82, 2.24) is 10.2 Å². The average molecular weight is 393 g/mol. The van der Waals surface area contributed by atoms with Gasteiger partial charge in [0.25, 0.3) is 11.8 Å². The number of hydrogen-bond acceptors (Lipinski definition) is 4. The molecule has 2 N–H and O–H groups in total. The Morgan fingerprint density at radius 3 is 2.62 bits per heavy atom. The van der Waals surface area contributed by atoms with Gasteiger partial charge in [-0.05, 0) is 56.5 Å². The van der Waals surface area contributed by atoms with Crippen LogP contribution < -0.4 is 10.6 Å². The molecule has 1 atom stereocenters. The zero-order chi connectivity index (χ0) is 20.2. The maximum atomic E-state index is 12.9. The standard InChI is InChI=1S/C23H27N3O3/c1-2-29-15-5-14-26-21(19-6-3-4-7-20(19)23(26)28)24-17-10-8-16(9-11-17)22(27)25-18-12-13-18/h3-4,6-11,18,21,24H,2,5,12-15H2,1H3,(H,25,27)/t21-/m0/s1. The fraction of sp³-hybridized carbons (Fsp3) is 0.391. The summed E-state index contributed by atoms with van der Waals surface area (Å²) in [6.07, 6.45) is 2.69. The van der Waals surface area contributed by atoms with Crippen LogP contribution in [0.5, 0.6) is 0 Å². The summed E-state index contributed by atoms with van der Waals surface area (Å²) in [5.41, 5.74) is 3.24. The Labute approximate surface area is 171 Å². The SMILES string of the molecule is CCOCCCN1C(=O)c2ccccc2[C@H]1Nc1ccc(C(=O)NC2CC2)cc1. The van der Waals surface area contributed by atoms with Gasteiger partial charge in [0.05, 0.1) is 0 Å². The Morgan fingerprint density at radius 1 is 1.14 bits per heavy atom.